The van der Waals surface area contributed by atoms with Crippen molar-refractivity contribution in [1.82, 2.24) is 0 Å². The first kappa shape index (κ1) is 18.2. The Morgan fingerprint density at radius 3 is 2.58 bits per heavy atom. The van der Waals surface area contributed by atoms with Gasteiger partial charge in [-0.05, 0) is 42.3 Å². The summed E-state index contributed by atoms with van der Waals surface area (Å²) in [6.07, 6.45) is -0.0517. The molecule has 1 amide bonds. The number of ketones is 1. The molecule has 1 aliphatic heterocycles. The number of hydrogen-bond acceptors (Lipinski definition) is 5. The van der Waals surface area contributed by atoms with Gasteiger partial charge in [0.05, 0.1) is 22.7 Å². The average Bonchev–Trinajstić information content (AvgIpc) is 2.55. The minimum Gasteiger partial charge on any atom is -0.495 e. The second-order valence-corrected chi connectivity index (χ2v) is 7.84. The number of carbonyl (C=O) groups excluding carboxylic acids is 2. The molecule has 0 radical (unpaired) electrons. The van der Waals surface area contributed by atoms with E-state index in [1.54, 1.807) is 19.1 Å². The van der Waals surface area contributed by atoms with E-state index in [-0.39, 0.29) is 22.0 Å². The van der Waals surface area contributed by atoms with Gasteiger partial charge in [-0.2, -0.15) is 0 Å². The highest BCUT2D eigenvalue weighted by molar-refractivity contribution is 7.92. The fourth-order valence-corrected chi connectivity index (χ4v) is 4.25. The highest BCUT2D eigenvalue weighted by Crippen LogP contribution is 2.31. The van der Waals surface area contributed by atoms with E-state index in [0.717, 1.165) is 0 Å². The second-order valence-electron chi connectivity index (χ2n) is 5.78. The lowest BCUT2D eigenvalue weighted by atomic mass is 10.00. The Bertz CT molecular complexity index is 1030. The number of sulfonamides is 1. The number of Topliss-reactive ketones (excluding diaryl/α,β-unsaturated/α-hetero) is 1. The molecular formula is C17H15ClN2O5S. The smallest absolute Gasteiger partial charge is 0.292 e. The van der Waals surface area contributed by atoms with Crippen molar-refractivity contribution in [3.8, 4) is 5.75 Å². The Balaban J connectivity index is 1.97. The molecule has 0 bridgehead atoms. The number of rotatable bonds is 4. The van der Waals surface area contributed by atoms with Crippen molar-refractivity contribution in [2.45, 2.75) is 18.2 Å². The Kier molecular flexibility index (Phi) is 4.64. The van der Waals surface area contributed by atoms with Gasteiger partial charge < -0.3 is 10.1 Å². The normalized spacial score (nSPS) is 13.8. The number of methoxy groups -OCH3 is 1. The molecule has 9 heteroatoms. The van der Waals surface area contributed by atoms with Gasteiger partial charge in [-0.1, -0.05) is 17.7 Å². The fraction of sp³-hybridized carbons (Fsp3) is 0.176. The van der Waals surface area contributed by atoms with Crippen molar-refractivity contribution >= 4 is 44.7 Å². The predicted molar refractivity (Wildman–Crippen MR) is 97.3 cm³/mol. The third-order valence-electron chi connectivity index (χ3n) is 3.95. The number of carbonyl (C=O) groups is 2. The van der Waals surface area contributed by atoms with Crippen molar-refractivity contribution in [3.05, 3.63) is 46.5 Å². The lowest BCUT2D eigenvalue weighted by molar-refractivity contribution is -0.134. The number of aryl methyl sites for hydroxylation is 1. The molecule has 136 valence electrons. The van der Waals surface area contributed by atoms with E-state index in [9.17, 15) is 18.0 Å². The van der Waals surface area contributed by atoms with E-state index < -0.39 is 21.7 Å². The quantitative estimate of drug-likeness (QED) is 0.776. The average molecular weight is 395 g/mol. The molecule has 0 aliphatic carbocycles. The lowest BCUT2D eigenvalue weighted by Crippen LogP contribution is -2.30. The van der Waals surface area contributed by atoms with Gasteiger partial charge in [0.1, 0.15) is 5.75 Å². The zero-order valence-electron chi connectivity index (χ0n) is 13.9. The summed E-state index contributed by atoms with van der Waals surface area (Å²) in [7, 11) is -2.47. The van der Waals surface area contributed by atoms with E-state index in [0.29, 0.717) is 22.6 Å². The van der Waals surface area contributed by atoms with Crippen LogP contribution >= 0.6 is 11.6 Å². The summed E-state index contributed by atoms with van der Waals surface area (Å²) in [4.78, 5) is 23.0. The number of halogens is 1. The highest BCUT2D eigenvalue weighted by atomic mass is 35.5. The third kappa shape index (κ3) is 3.38. The van der Waals surface area contributed by atoms with E-state index in [1.165, 1.54) is 25.3 Å². The summed E-state index contributed by atoms with van der Waals surface area (Å²) in [6, 6.07) is 7.44. The van der Waals surface area contributed by atoms with Crippen LogP contribution in [0, 0.1) is 6.92 Å². The Labute approximate surface area is 155 Å². The third-order valence-corrected chi connectivity index (χ3v) is 5.77. The Morgan fingerprint density at radius 2 is 1.92 bits per heavy atom. The number of benzene rings is 2. The maximum absolute atomic E-state index is 12.8. The van der Waals surface area contributed by atoms with Crippen LogP contribution in [-0.4, -0.2) is 27.2 Å². The van der Waals surface area contributed by atoms with Crippen molar-refractivity contribution in [1.29, 1.82) is 0 Å². The molecule has 0 atom stereocenters. The number of fused-ring (bicyclic) bond motifs is 1. The zero-order valence-corrected chi connectivity index (χ0v) is 15.5. The summed E-state index contributed by atoms with van der Waals surface area (Å²) in [5, 5.41) is 2.68. The number of hydrogen-bond donors (Lipinski definition) is 2. The first-order valence-electron chi connectivity index (χ1n) is 7.55. The molecule has 0 saturated carbocycles. The zero-order chi connectivity index (χ0) is 19.1. The molecule has 0 spiro atoms. The van der Waals surface area contributed by atoms with E-state index in [1.807, 2.05) is 0 Å². The SMILES string of the molecule is COc1ccc(NS(=O)(=O)c2cc3c(cc2C)CC(=O)C(=O)N3)cc1Cl. The fourth-order valence-electron chi connectivity index (χ4n) is 2.69. The monoisotopic (exact) mass is 394 g/mol. The standard InChI is InChI=1S/C17H15ClN2O5S/c1-9-5-10-6-14(21)17(22)19-13(10)8-16(9)26(23,24)20-11-3-4-15(25-2)12(18)7-11/h3-5,7-8,20H,6H2,1-2H3,(H,19,22). The van der Waals surface area contributed by atoms with Crippen LogP contribution in [0.4, 0.5) is 11.4 Å². The summed E-state index contributed by atoms with van der Waals surface area (Å²) < 4.78 is 33.0. The lowest BCUT2D eigenvalue weighted by Gasteiger charge is -2.19. The first-order valence-corrected chi connectivity index (χ1v) is 9.41. The summed E-state index contributed by atoms with van der Waals surface area (Å²) in [5.74, 6) is -0.884. The van der Waals surface area contributed by atoms with E-state index in [4.69, 9.17) is 16.3 Å². The van der Waals surface area contributed by atoms with E-state index in [2.05, 4.69) is 10.0 Å². The molecule has 2 aromatic rings. The predicted octanol–water partition coefficient (Wildman–Crippen LogP) is 2.52. The van der Waals surface area contributed by atoms with E-state index >= 15 is 0 Å². The topological polar surface area (TPSA) is 102 Å². The van der Waals surface area contributed by atoms with Gasteiger partial charge in [-0.3, -0.25) is 14.3 Å². The summed E-state index contributed by atoms with van der Waals surface area (Å²) >= 11 is 6.02. The molecule has 1 aliphatic rings. The van der Waals surface area contributed by atoms with Crippen LogP contribution in [0.1, 0.15) is 11.1 Å². The van der Waals surface area contributed by atoms with Crippen molar-refractivity contribution in [2.24, 2.45) is 0 Å². The number of anilines is 2. The molecule has 26 heavy (non-hydrogen) atoms. The molecule has 2 N–H and O–H groups in total. The van der Waals surface area contributed by atoms with Gasteiger partial charge >= 0.3 is 0 Å². The molecule has 0 fully saturated rings. The van der Waals surface area contributed by atoms with Crippen LogP contribution in [-0.2, 0) is 26.0 Å². The second kappa shape index (κ2) is 6.62. The number of ether oxygens (including phenoxy) is 1. The van der Waals surface area contributed by atoms with Crippen LogP contribution in [0.3, 0.4) is 0 Å². The first-order chi connectivity index (χ1) is 12.2. The molecule has 0 unspecified atom stereocenters. The van der Waals surface area contributed by atoms with Crippen LogP contribution in [0.5, 0.6) is 5.75 Å². The van der Waals surface area contributed by atoms with Gasteiger partial charge in [-0.15, -0.1) is 0 Å². The molecule has 0 aromatic heterocycles. The summed E-state index contributed by atoms with van der Waals surface area (Å²) in [6.45, 7) is 1.62. The van der Waals surface area contributed by atoms with Gasteiger partial charge in [0.25, 0.3) is 15.9 Å². The summed E-state index contributed by atoms with van der Waals surface area (Å²) in [5.41, 5.74) is 1.62. The molecular weight excluding hydrogens is 380 g/mol. The molecule has 7 nitrogen and oxygen atoms in total. The number of amides is 1. The van der Waals surface area contributed by atoms with Gasteiger partial charge in [0, 0.05) is 12.1 Å². The highest BCUT2D eigenvalue weighted by Gasteiger charge is 2.27. The molecule has 2 aromatic carbocycles. The maximum atomic E-state index is 12.8. The molecule has 0 saturated heterocycles. The van der Waals surface area contributed by atoms with Gasteiger partial charge in [0.2, 0.25) is 5.78 Å². The Hall–Kier alpha value is -2.58. The van der Waals surface area contributed by atoms with Crippen LogP contribution < -0.4 is 14.8 Å². The maximum Gasteiger partial charge on any atom is 0.292 e. The Morgan fingerprint density at radius 1 is 1.19 bits per heavy atom. The molecule has 1 heterocycles. The molecule has 3 rings (SSSR count). The minimum atomic E-state index is -3.93. The van der Waals surface area contributed by atoms with Gasteiger partial charge in [-0.25, -0.2) is 8.42 Å². The van der Waals surface area contributed by atoms with Crippen molar-refractivity contribution in [2.75, 3.05) is 17.1 Å². The largest absolute Gasteiger partial charge is 0.495 e. The van der Waals surface area contributed by atoms with Crippen molar-refractivity contribution in [3.63, 3.8) is 0 Å². The van der Waals surface area contributed by atoms with Gasteiger partial charge in [0.15, 0.2) is 0 Å². The minimum absolute atomic E-state index is 0.00200. The van der Waals surface area contributed by atoms with Crippen LogP contribution in [0.25, 0.3) is 0 Å². The number of nitrogens with one attached hydrogen (secondary N) is 2. The van der Waals surface area contributed by atoms with Crippen LogP contribution in [0.15, 0.2) is 35.2 Å². The van der Waals surface area contributed by atoms with Crippen molar-refractivity contribution < 1.29 is 22.7 Å². The van der Waals surface area contributed by atoms with Crippen LogP contribution in [0.2, 0.25) is 5.02 Å².